The van der Waals surface area contributed by atoms with Crippen molar-refractivity contribution >= 4 is 43.6 Å². The number of phenolic OH excluding ortho intramolecular Hbond substituents is 2. The predicted molar refractivity (Wildman–Crippen MR) is 137 cm³/mol. The second-order valence-electron chi connectivity index (χ2n) is 8.75. The van der Waals surface area contributed by atoms with Gasteiger partial charge < -0.3 is 29.7 Å². The molecule has 0 aliphatic rings. The number of phenols is 2. The Morgan fingerprint density at radius 1 is 0.588 bits per heavy atom. The number of fused-ring (bicyclic) bond motifs is 6. The number of aromatic amines is 2. The zero-order valence-corrected chi connectivity index (χ0v) is 19.3. The maximum Gasteiger partial charge on any atom is 0.128 e. The maximum absolute atomic E-state index is 11.3. The Balaban J connectivity index is 1.79. The van der Waals surface area contributed by atoms with Crippen LogP contribution in [0.5, 0.6) is 23.0 Å². The van der Waals surface area contributed by atoms with E-state index in [4.69, 9.17) is 9.47 Å². The van der Waals surface area contributed by atoms with Gasteiger partial charge in [-0.1, -0.05) is 0 Å². The van der Waals surface area contributed by atoms with Gasteiger partial charge in [0.05, 0.1) is 47.4 Å². The summed E-state index contributed by atoms with van der Waals surface area (Å²) in [5.41, 5.74) is 5.88. The van der Waals surface area contributed by atoms with Gasteiger partial charge in [0.1, 0.15) is 23.0 Å². The van der Waals surface area contributed by atoms with Crippen LogP contribution in [0.3, 0.4) is 0 Å². The van der Waals surface area contributed by atoms with Crippen molar-refractivity contribution in [3.05, 3.63) is 59.7 Å². The number of H-pyrrole nitrogens is 2. The average Bonchev–Trinajstić information content (AvgIpc) is 3.38. The van der Waals surface area contributed by atoms with Crippen LogP contribution in [0.1, 0.15) is 11.1 Å². The average molecular weight is 453 g/mol. The van der Waals surface area contributed by atoms with Crippen LogP contribution in [0, 0.1) is 13.8 Å². The summed E-state index contributed by atoms with van der Waals surface area (Å²) in [6, 6.07) is 15.7. The zero-order valence-electron chi connectivity index (χ0n) is 19.3. The van der Waals surface area contributed by atoms with Crippen LogP contribution < -0.4 is 9.47 Å². The van der Waals surface area contributed by atoms with E-state index in [1.54, 1.807) is 14.2 Å². The van der Waals surface area contributed by atoms with E-state index in [2.05, 4.69) is 9.97 Å². The third kappa shape index (κ3) is 2.68. The first-order valence-corrected chi connectivity index (χ1v) is 11.1. The first kappa shape index (κ1) is 20.3. The molecule has 4 N–H and O–H groups in total. The molecule has 0 fully saturated rings. The van der Waals surface area contributed by atoms with E-state index < -0.39 is 0 Å². The third-order valence-electron chi connectivity index (χ3n) is 6.78. The molecule has 0 spiro atoms. The largest absolute Gasteiger partial charge is 0.507 e. The second-order valence-corrected chi connectivity index (χ2v) is 8.75. The topological polar surface area (TPSA) is 90.5 Å². The van der Waals surface area contributed by atoms with Gasteiger partial charge in [-0.3, -0.25) is 0 Å². The van der Waals surface area contributed by atoms with Gasteiger partial charge in [-0.05, 0) is 61.4 Å². The van der Waals surface area contributed by atoms with E-state index in [1.807, 2.05) is 62.4 Å². The van der Waals surface area contributed by atoms with Gasteiger partial charge in [0, 0.05) is 33.7 Å². The van der Waals surface area contributed by atoms with E-state index in [1.165, 1.54) is 0 Å². The fourth-order valence-corrected chi connectivity index (χ4v) is 5.03. The summed E-state index contributed by atoms with van der Waals surface area (Å²) in [5.74, 6) is 1.74. The van der Waals surface area contributed by atoms with Crippen LogP contribution in [0.15, 0.2) is 48.5 Å². The Labute approximate surface area is 195 Å². The zero-order chi connectivity index (χ0) is 23.7. The highest BCUT2D eigenvalue weighted by atomic mass is 16.5. The minimum atomic E-state index is 0.129. The lowest BCUT2D eigenvalue weighted by Crippen LogP contribution is -1.90. The number of hydrogen-bond acceptors (Lipinski definition) is 4. The molecule has 34 heavy (non-hydrogen) atoms. The Morgan fingerprint density at radius 2 is 1.00 bits per heavy atom. The van der Waals surface area contributed by atoms with Crippen molar-refractivity contribution in [3.8, 4) is 34.1 Å². The van der Waals surface area contributed by atoms with Crippen LogP contribution >= 0.6 is 0 Å². The third-order valence-corrected chi connectivity index (χ3v) is 6.78. The highest BCUT2D eigenvalue weighted by Gasteiger charge is 2.24. The van der Waals surface area contributed by atoms with Gasteiger partial charge in [0.25, 0.3) is 0 Å². The summed E-state index contributed by atoms with van der Waals surface area (Å²) < 4.78 is 10.8. The van der Waals surface area contributed by atoms with E-state index in [0.717, 1.165) is 66.2 Å². The van der Waals surface area contributed by atoms with Crippen molar-refractivity contribution in [1.82, 2.24) is 9.97 Å². The standard InChI is InChI=1S/C28H24N2O4/c1-13-9-19-17-7-5-15(33-3)11-21(17)29-25(19)23(27(13)31)24-26-20(10-14(2)28(24)32)18-8-6-16(34-4)12-22(18)30-26/h5-12,29-32H,1-4H3. The summed E-state index contributed by atoms with van der Waals surface area (Å²) in [5, 5.41) is 26.6. The smallest absolute Gasteiger partial charge is 0.128 e. The van der Waals surface area contributed by atoms with Crippen molar-refractivity contribution in [1.29, 1.82) is 0 Å². The number of rotatable bonds is 3. The molecule has 6 nitrogen and oxygen atoms in total. The Kier molecular flexibility index (Phi) is 4.23. The Hall–Kier alpha value is -4.32. The van der Waals surface area contributed by atoms with Gasteiger partial charge in [-0.25, -0.2) is 0 Å². The number of hydrogen-bond donors (Lipinski definition) is 4. The Morgan fingerprint density at radius 3 is 1.38 bits per heavy atom. The highest BCUT2D eigenvalue weighted by Crippen LogP contribution is 2.49. The van der Waals surface area contributed by atoms with Crippen molar-refractivity contribution in [2.24, 2.45) is 0 Å². The lowest BCUT2D eigenvalue weighted by Gasteiger charge is -2.14. The maximum atomic E-state index is 11.3. The molecule has 170 valence electrons. The van der Waals surface area contributed by atoms with Crippen LogP contribution in [0.2, 0.25) is 0 Å². The summed E-state index contributed by atoms with van der Waals surface area (Å²) in [7, 11) is 3.27. The van der Waals surface area contributed by atoms with Crippen molar-refractivity contribution < 1.29 is 19.7 Å². The van der Waals surface area contributed by atoms with Crippen molar-refractivity contribution in [3.63, 3.8) is 0 Å². The van der Waals surface area contributed by atoms with E-state index in [-0.39, 0.29) is 11.5 Å². The predicted octanol–water partition coefficient (Wildman–Crippen LogP) is 6.67. The molecule has 0 unspecified atom stereocenters. The van der Waals surface area contributed by atoms with Gasteiger partial charge in [0.15, 0.2) is 0 Å². The molecule has 6 aromatic rings. The molecule has 0 aliphatic heterocycles. The fraction of sp³-hybridized carbons (Fsp3) is 0.143. The molecule has 4 aromatic carbocycles. The van der Waals surface area contributed by atoms with Crippen LogP contribution in [-0.2, 0) is 0 Å². The van der Waals surface area contributed by atoms with Gasteiger partial charge in [-0.2, -0.15) is 0 Å². The van der Waals surface area contributed by atoms with Gasteiger partial charge in [-0.15, -0.1) is 0 Å². The molecule has 2 aromatic heterocycles. The summed E-state index contributed by atoms with van der Waals surface area (Å²) in [6.07, 6.45) is 0. The molecule has 0 saturated carbocycles. The molecule has 6 rings (SSSR count). The quantitative estimate of drug-likeness (QED) is 0.241. The lowest BCUT2D eigenvalue weighted by molar-refractivity contribution is 0.415. The van der Waals surface area contributed by atoms with Gasteiger partial charge >= 0.3 is 0 Å². The highest BCUT2D eigenvalue weighted by molar-refractivity contribution is 6.20. The fourth-order valence-electron chi connectivity index (χ4n) is 5.03. The summed E-state index contributed by atoms with van der Waals surface area (Å²) in [4.78, 5) is 6.93. The van der Waals surface area contributed by atoms with Crippen molar-refractivity contribution in [2.75, 3.05) is 14.2 Å². The first-order valence-electron chi connectivity index (χ1n) is 11.1. The minimum absolute atomic E-state index is 0.129. The number of aromatic hydroxyl groups is 2. The molecule has 0 bridgehead atoms. The minimum Gasteiger partial charge on any atom is -0.507 e. The van der Waals surface area contributed by atoms with Crippen molar-refractivity contribution in [2.45, 2.75) is 13.8 Å². The molecule has 6 heteroatoms. The number of aromatic nitrogens is 2. The normalized spacial score (nSPS) is 11.8. The van der Waals surface area contributed by atoms with E-state index in [0.29, 0.717) is 11.1 Å². The SMILES string of the molecule is COc1ccc2c(c1)[nH]c1c(-c3c(O)c(C)cc4c3[nH]c3cc(OC)ccc34)c(O)c(C)cc12. The summed E-state index contributed by atoms with van der Waals surface area (Å²) >= 11 is 0. The Bertz CT molecular complexity index is 1640. The summed E-state index contributed by atoms with van der Waals surface area (Å²) in [6.45, 7) is 3.75. The first-order chi connectivity index (χ1) is 16.4. The molecule has 0 radical (unpaired) electrons. The van der Waals surface area contributed by atoms with Crippen LogP contribution in [0.4, 0.5) is 0 Å². The number of nitrogens with one attached hydrogen (secondary N) is 2. The number of methoxy groups -OCH3 is 2. The molecule has 0 amide bonds. The molecular weight excluding hydrogens is 428 g/mol. The number of ether oxygens (including phenoxy) is 2. The molecule has 0 aliphatic carbocycles. The van der Waals surface area contributed by atoms with E-state index >= 15 is 0 Å². The molecule has 2 heterocycles. The number of aryl methyl sites for hydroxylation is 2. The molecule has 0 atom stereocenters. The number of benzene rings is 4. The molecule has 0 saturated heterocycles. The lowest BCUT2D eigenvalue weighted by atomic mass is 9.93. The van der Waals surface area contributed by atoms with Gasteiger partial charge in [0.2, 0.25) is 0 Å². The van der Waals surface area contributed by atoms with E-state index in [9.17, 15) is 10.2 Å². The second kappa shape index (κ2) is 7.09. The monoisotopic (exact) mass is 452 g/mol. The van der Waals surface area contributed by atoms with Crippen LogP contribution in [-0.4, -0.2) is 34.4 Å². The molecular formula is C28H24N2O4. The van der Waals surface area contributed by atoms with Crippen LogP contribution in [0.25, 0.3) is 54.7 Å².